The van der Waals surface area contributed by atoms with Crippen molar-refractivity contribution in [3.05, 3.63) is 23.8 Å². The summed E-state index contributed by atoms with van der Waals surface area (Å²) in [6.07, 6.45) is 3.70. The molecule has 0 aromatic heterocycles. The molecule has 1 aromatic carbocycles. The number of phenols is 2. The highest BCUT2D eigenvalue weighted by Crippen LogP contribution is 2.34. The topological polar surface area (TPSA) is 52.5 Å². The molecule has 1 aliphatic rings. The van der Waals surface area contributed by atoms with E-state index < -0.39 is 0 Å². The van der Waals surface area contributed by atoms with Crippen LogP contribution in [0.3, 0.4) is 0 Å². The number of aromatic hydroxyl groups is 2. The zero-order chi connectivity index (χ0) is 12.4. The summed E-state index contributed by atoms with van der Waals surface area (Å²) >= 11 is 0. The zero-order valence-electron chi connectivity index (χ0n) is 10.5. The second-order valence-electron chi connectivity index (χ2n) is 5.11. The summed E-state index contributed by atoms with van der Waals surface area (Å²) in [4.78, 5) is 0. The number of benzene rings is 1. The maximum absolute atomic E-state index is 9.80. The molecule has 1 aromatic rings. The Bertz CT molecular complexity index is 372. The maximum atomic E-state index is 9.80. The molecule has 3 atom stereocenters. The first-order chi connectivity index (χ1) is 8.09. The van der Waals surface area contributed by atoms with Crippen LogP contribution in [0.2, 0.25) is 0 Å². The first kappa shape index (κ1) is 12.2. The summed E-state index contributed by atoms with van der Waals surface area (Å²) in [5, 5.41) is 23.1. The van der Waals surface area contributed by atoms with Gasteiger partial charge in [-0.1, -0.05) is 19.4 Å². The van der Waals surface area contributed by atoms with Crippen molar-refractivity contribution >= 4 is 0 Å². The molecule has 2 rings (SSSR count). The van der Waals surface area contributed by atoms with Crippen LogP contribution in [0.25, 0.3) is 0 Å². The van der Waals surface area contributed by atoms with Crippen LogP contribution >= 0.6 is 0 Å². The Kier molecular flexibility index (Phi) is 3.57. The Morgan fingerprint density at radius 1 is 1.24 bits per heavy atom. The van der Waals surface area contributed by atoms with Gasteiger partial charge in [-0.05, 0) is 37.8 Å². The smallest absolute Gasteiger partial charge is 0.124 e. The third-order valence-corrected chi connectivity index (χ3v) is 3.82. The van der Waals surface area contributed by atoms with Gasteiger partial charge in [-0.2, -0.15) is 0 Å². The van der Waals surface area contributed by atoms with Crippen molar-refractivity contribution < 1.29 is 10.2 Å². The molecule has 1 fully saturated rings. The van der Waals surface area contributed by atoms with Crippen LogP contribution in [0.1, 0.15) is 44.7 Å². The predicted octanol–water partition coefficient (Wildman–Crippen LogP) is 2.94. The largest absolute Gasteiger partial charge is 0.507 e. The summed E-state index contributed by atoms with van der Waals surface area (Å²) in [5.41, 5.74) is 0.603. The molecule has 0 saturated heterocycles. The second-order valence-corrected chi connectivity index (χ2v) is 5.11. The maximum Gasteiger partial charge on any atom is 0.124 e. The van der Waals surface area contributed by atoms with E-state index in [4.69, 9.17) is 0 Å². The highest BCUT2D eigenvalue weighted by atomic mass is 16.3. The molecule has 3 nitrogen and oxygen atoms in total. The molecule has 3 N–H and O–H groups in total. The monoisotopic (exact) mass is 235 g/mol. The quantitative estimate of drug-likeness (QED) is 0.755. The first-order valence-corrected chi connectivity index (χ1v) is 6.36. The Labute approximate surface area is 102 Å². The SMILES string of the molecule is CC(NC1CCCC1C)c1c(O)cccc1O. The second kappa shape index (κ2) is 4.96. The van der Waals surface area contributed by atoms with E-state index >= 15 is 0 Å². The third-order valence-electron chi connectivity index (χ3n) is 3.82. The molecular weight excluding hydrogens is 214 g/mol. The number of nitrogens with one attached hydrogen (secondary N) is 1. The van der Waals surface area contributed by atoms with E-state index in [0.717, 1.165) is 0 Å². The molecule has 0 aliphatic heterocycles. The van der Waals surface area contributed by atoms with Gasteiger partial charge in [0.05, 0.1) is 5.56 Å². The van der Waals surface area contributed by atoms with E-state index in [0.29, 0.717) is 17.5 Å². The summed E-state index contributed by atoms with van der Waals surface area (Å²) < 4.78 is 0. The van der Waals surface area contributed by atoms with Gasteiger partial charge in [-0.25, -0.2) is 0 Å². The average molecular weight is 235 g/mol. The normalized spacial score (nSPS) is 26.0. The van der Waals surface area contributed by atoms with E-state index in [1.165, 1.54) is 19.3 Å². The molecular formula is C14H21NO2. The Morgan fingerprint density at radius 2 is 1.88 bits per heavy atom. The van der Waals surface area contributed by atoms with E-state index in [2.05, 4.69) is 12.2 Å². The van der Waals surface area contributed by atoms with Gasteiger partial charge in [0.2, 0.25) is 0 Å². The zero-order valence-corrected chi connectivity index (χ0v) is 10.5. The summed E-state index contributed by atoms with van der Waals surface area (Å²) in [7, 11) is 0. The Hall–Kier alpha value is -1.22. The lowest BCUT2D eigenvalue weighted by Gasteiger charge is -2.24. The fourth-order valence-corrected chi connectivity index (χ4v) is 2.78. The van der Waals surface area contributed by atoms with Crippen molar-refractivity contribution in [1.29, 1.82) is 0 Å². The van der Waals surface area contributed by atoms with Crippen molar-refractivity contribution in [2.45, 2.75) is 45.2 Å². The molecule has 0 bridgehead atoms. The van der Waals surface area contributed by atoms with Crippen molar-refractivity contribution in [3.63, 3.8) is 0 Å². The predicted molar refractivity (Wildman–Crippen MR) is 68.1 cm³/mol. The average Bonchev–Trinajstić information content (AvgIpc) is 2.64. The molecule has 3 heteroatoms. The third kappa shape index (κ3) is 2.55. The molecule has 1 saturated carbocycles. The van der Waals surface area contributed by atoms with Crippen LogP contribution in [-0.2, 0) is 0 Å². The van der Waals surface area contributed by atoms with Crippen molar-refractivity contribution in [3.8, 4) is 11.5 Å². The highest BCUT2D eigenvalue weighted by molar-refractivity contribution is 5.44. The molecule has 0 radical (unpaired) electrons. The number of hydrogen-bond donors (Lipinski definition) is 3. The molecule has 0 spiro atoms. The molecule has 0 amide bonds. The van der Waals surface area contributed by atoms with Crippen molar-refractivity contribution in [2.24, 2.45) is 5.92 Å². The minimum atomic E-state index is -0.0262. The Morgan fingerprint density at radius 3 is 2.41 bits per heavy atom. The van der Waals surface area contributed by atoms with Crippen LogP contribution < -0.4 is 5.32 Å². The van der Waals surface area contributed by atoms with Crippen LogP contribution in [0.5, 0.6) is 11.5 Å². The summed E-state index contributed by atoms with van der Waals surface area (Å²) in [6.45, 7) is 4.24. The lowest BCUT2D eigenvalue weighted by molar-refractivity contribution is 0.366. The van der Waals surface area contributed by atoms with Crippen LogP contribution in [0, 0.1) is 5.92 Å². The minimum Gasteiger partial charge on any atom is -0.507 e. The molecule has 94 valence electrons. The fraction of sp³-hybridized carbons (Fsp3) is 0.571. The van der Waals surface area contributed by atoms with E-state index in [1.54, 1.807) is 18.2 Å². The van der Waals surface area contributed by atoms with Gasteiger partial charge in [0.25, 0.3) is 0 Å². The van der Waals surface area contributed by atoms with E-state index in [-0.39, 0.29) is 17.5 Å². The lowest BCUT2D eigenvalue weighted by atomic mass is 10.0. The number of hydrogen-bond acceptors (Lipinski definition) is 3. The van der Waals surface area contributed by atoms with Gasteiger partial charge < -0.3 is 15.5 Å². The van der Waals surface area contributed by atoms with Crippen molar-refractivity contribution in [2.75, 3.05) is 0 Å². The fourth-order valence-electron chi connectivity index (χ4n) is 2.78. The Balaban J connectivity index is 2.11. The molecule has 0 heterocycles. The van der Waals surface area contributed by atoms with Crippen LogP contribution in [0.4, 0.5) is 0 Å². The number of phenolic OH excluding ortho intramolecular Hbond substituents is 2. The van der Waals surface area contributed by atoms with Gasteiger partial charge >= 0.3 is 0 Å². The van der Waals surface area contributed by atoms with Gasteiger partial charge in [0, 0.05) is 12.1 Å². The highest BCUT2D eigenvalue weighted by Gasteiger charge is 2.26. The summed E-state index contributed by atoms with van der Waals surface area (Å²) in [5.74, 6) is 0.997. The van der Waals surface area contributed by atoms with Gasteiger partial charge in [0.15, 0.2) is 0 Å². The molecule has 17 heavy (non-hydrogen) atoms. The van der Waals surface area contributed by atoms with Gasteiger partial charge in [-0.15, -0.1) is 0 Å². The minimum absolute atomic E-state index is 0.0262. The van der Waals surface area contributed by atoms with E-state index in [1.807, 2.05) is 6.92 Å². The van der Waals surface area contributed by atoms with Crippen molar-refractivity contribution in [1.82, 2.24) is 5.32 Å². The van der Waals surface area contributed by atoms with Gasteiger partial charge in [-0.3, -0.25) is 0 Å². The molecule has 1 aliphatic carbocycles. The number of rotatable bonds is 3. The molecule has 3 unspecified atom stereocenters. The van der Waals surface area contributed by atoms with Gasteiger partial charge in [0.1, 0.15) is 11.5 Å². The summed E-state index contributed by atoms with van der Waals surface area (Å²) in [6, 6.07) is 5.35. The standard InChI is InChI=1S/C14H21NO2/c1-9-5-3-6-11(9)15-10(2)14-12(16)7-4-8-13(14)17/h4,7-11,15-17H,3,5-6H2,1-2H3. The van der Waals surface area contributed by atoms with Crippen LogP contribution in [-0.4, -0.2) is 16.3 Å². The lowest BCUT2D eigenvalue weighted by Crippen LogP contribution is -2.33. The first-order valence-electron chi connectivity index (χ1n) is 6.36. The van der Waals surface area contributed by atoms with Crippen LogP contribution in [0.15, 0.2) is 18.2 Å². The van der Waals surface area contributed by atoms with E-state index in [9.17, 15) is 10.2 Å².